The van der Waals surface area contributed by atoms with Crippen LogP contribution in [0.1, 0.15) is 37.2 Å². The molecule has 1 N–H and O–H groups in total. The number of benzene rings is 1. The zero-order chi connectivity index (χ0) is 14.5. The Labute approximate surface area is 117 Å². The van der Waals surface area contributed by atoms with Gasteiger partial charge in [0, 0.05) is 4.91 Å². The maximum absolute atomic E-state index is 12.1. The second-order valence-corrected chi connectivity index (χ2v) is 4.98. The molecule has 0 amide bonds. The number of nitrogens with zero attached hydrogens (tertiary/aromatic N) is 3. The van der Waals surface area contributed by atoms with Gasteiger partial charge in [0.25, 0.3) is 0 Å². The van der Waals surface area contributed by atoms with E-state index in [2.05, 4.69) is 10.0 Å². The van der Waals surface area contributed by atoms with Gasteiger partial charge < -0.3 is 9.84 Å². The number of phenols is 1. The van der Waals surface area contributed by atoms with E-state index in [1.54, 1.807) is 12.1 Å². The summed E-state index contributed by atoms with van der Waals surface area (Å²) in [5.41, 5.74) is 9.36. The molecule has 1 aromatic rings. The Morgan fingerprint density at radius 2 is 2.20 bits per heavy atom. The second-order valence-electron chi connectivity index (χ2n) is 4.98. The van der Waals surface area contributed by atoms with Crippen LogP contribution in [0.5, 0.6) is 5.75 Å². The Morgan fingerprint density at radius 3 is 2.80 bits per heavy atom. The van der Waals surface area contributed by atoms with Gasteiger partial charge in [-0.1, -0.05) is 24.0 Å². The quantitative estimate of drug-likeness (QED) is 0.392. The van der Waals surface area contributed by atoms with Crippen LogP contribution in [0, 0.1) is 5.92 Å². The van der Waals surface area contributed by atoms with Crippen LogP contribution in [-0.4, -0.2) is 18.2 Å². The smallest absolute Gasteiger partial charge is 0.313 e. The lowest BCUT2D eigenvalue weighted by atomic mass is 9.84. The molecule has 0 heterocycles. The molecule has 1 saturated carbocycles. The molecule has 1 atom stereocenters. The van der Waals surface area contributed by atoms with Crippen molar-refractivity contribution in [3.63, 3.8) is 0 Å². The molecule has 0 aromatic heterocycles. The maximum atomic E-state index is 12.1. The molecule has 0 saturated heterocycles. The first-order valence-electron chi connectivity index (χ1n) is 6.63. The lowest BCUT2D eigenvalue weighted by Crippen LogP contribution is -2.21. The summed E-state index contributed by atoms with van der Waals surface area (Å²) in [4.78, 5) is 14.7. The lowest BCUT2D eigenvalue weighted by Gasteiger charge is -2.21. The van der Waals surface area contributed by atoms with E-state index in [-0.39, 0.29) is 29.2 Å². The minimum atomic E-state index is -0.365. The Hall–Kier alpha value is -2.20. The first-order valence-corrected chi connectivity index (χ1v) is 6.63. The van der Waals surface area contributed by atoms with E-state index in [0.717, 1.165) is 31.2 Å². The molecule has 0 aliphatic heterocycles. The number of hydrogen-bond donors (Lipinski definition) is 1. The summed E-state index contributed by atoms with van der Waals surface area (Å²) in [6.45, 7) is 0. The van der Waals surface area contributed by atoms with Crippen molar-refractivity contribution in [1.82, 2.24) is 0 Å². The number of ether oxygens (including phenoxy) is 1. The molecule has 6 heteroatoms. The van der Waals surface area contributed by atoms with E-state index >= 15 is 0 Å². The highest BCUT2D eigenvalue weighted by Crippen LogP contribution is 2.40. The largest absolute Gasteiger partial charge is 0.507 e. The number of rotatable bonds is 4. The summed E-state index contributed by atoms with van der Waals surface area (Å²) in [6, 6.07) is 4.70. The Morgan fingerprint density at radius 1 is 1.50 bits per heavy atom. The third kappa shape index (κ3) is 2.86. The molecule has 6 nitrogen and oxygen atoms in total. The number of esters is 1. The van der Waals surface area contributed by atoms with Crippen molar-refractivity contribution < 1.29 is 14.6 Å². The normalized spacial score (nSPS) is 16.4. The van der Waals surface area contributed by atoms with Crippen LogP contribution in [0.25, 0.3) is 10.4 Å². The fraction of sp³-hybridized carbons (Fsp3) is 0.500. The van der Waals surface area contributed by atoms with Crippen LogP contribution in [0.2, 0.25) is 0 Å². The van der Waals surface area contributed by atoms with E-state index in [1.807, 2.05) is 0 Å². The van der Waals surface area contributed by atoms with Crippen LogP contribution >= 0.6 is 0 Å². The van der Waals surface area contributed by atoms with Crippen LogP contribution in [0.15, 0.2) is 23.3 Å². The number of hydrogen-bond acceptors (Lipinski definition) is 4. The molecule has 0 bridgehead atoms. The third-order valence-electron chi connectivity index (χ3n) is 3.84. The van der Waals surface area contributed by atoms with E-state index in [4.69, 9.17) is 10.3 Å². The molecule has 0 radical (unpaired) electrons. The highest BCUT2D eigenvalue weighted by molar-refractivity contribution is 5.79. The number of carbonyl (C=O) groups excluding carboxylic acids is 1. The number of phenolic OH excluding ortho intramolecular Hbond substituents is 1. The lowest BCUT2D eigenvalue weighted by molar-refractivity contribution is -0.143. The zero-order valence-corrected chi connectivity index (χ0v) is 11.3. The molecule has 1 aliphatic carbocycles. The van der Waals surface area contributed by atoms with Crippen molar-refractivity contribution in [1.29, 1.82) is 0 Å². The first kappa shape index (κ1) is 14.2. The van der Waals surface area contributed by atoms with E-state index in [1.165, 1.54) is 13.2 Å². The van der Waals surface area contributed by atoms with Gasteiger partial charge >= 0.3 is 5.97 Å². The summed E-state index contributed by atoms with van der Waals surface area (Å²) in [7, 11) is 1.37. The number of aromatic hydroxyl groups is 1. The van der Waals surface area contributed by atoms with Crippen LogP contribution in [0.3, 0.4) is 0 Å². The van der Waals surface area contributed by atoms with E-state index < -0.39 is 0 Å². The molecular weight excluding hydrogens is 258 g/mol. The van der Waals surface area contributed by atoms with Crippen LogP contribution in [0.4, 0.5) is 5.69 Å². The highest BCUT2D eigenvalue weighted by Gasteiger charge is 2.33. The Kier molecular flexibility index (Phi) is 4.48. The average molecular weight is 275 g/mol. The molecule has 1 aliphatic rings. The van der Waals surface area contributed by atoms with Gasteiger partial charge in [0.1, 0.15) is 5.75 Å². The second kappa shape index (κ2) is 6.30. The van der Waals surface area contributed by atoms with Crippen molar-refractivity contribution in [2.45, 2.75) is 31.6 Å². The van der Waals surface area contributed by atoms with Crippen molar-refractivity contribution in [3.8, 4) is 5.75 Å². The van der Waals surface area contributed by atoms with Gasteiger partial charge in [-0.3, -0.25) is 4.79 Å². The van der Waals surface area contributed by atoms with Crippen LogP contribution < -0.4 is 0 Å². The summed E-state index contributed by atoms with van der Waals surface area (Å²) in [6.07, 6.45) is 4.19. The predicted molar refractivity (Wildman–Crippen MR) is 73.6 cm³/mol. The van der Waals surface area contributed by atoms with Crippen molar-refractivity contribution in [2.75, 3.05) is 7.11 Å². The molecule has 20 heavy (non-hydrogen) atoms. The number of azide groups is 1. The molecule has 2 rings (SSSR count). The van der Waals surface area contributed by atoms with E-state index in [9.17, 15) is 9.90 Å². The first-order chi connectivity index (χ1) is 9.67. The summed E-state index contributed by atoms with van der Waals surface area (Å²) in [5, 5.41) is 13.1. The van der Waals surface area contributed by atoms with Gasteiger partial charge in [-0.2, -0.15) is 0 Å². The van der Waals surface area contributed by atoms with Gasteiger partial charge in [0.05, 0.1) is 18.7 Å². The fourth-order valence-electron chi connectivity index (χ4n) is 2.88. The minimum Gasteiger partial charge on any atom is -0.507 e. The summed E-state index contributed by atoms with van der Waals surface area (Å²) in [5.74, 6) is -0.502. The van der Waals surface area contributed by atoms with Gasteiger partial charge in [-0.15, -0.1) is 0 Å². The van der Waals surface area contributed by atoms with Crippen molar-refractivity contribution in [3.05, 3.63) is 34.2 Å². The van der Waals surface area contributed by atoms with Gasteiger partial charge in [0.15, 0.2) is 0 Å². The van der Waals surface area contributed by atoms with Crippen molar-refractivity contribution >= 4 is 11.7 Å². The van der Waals surface area contributed by atoms with Gasteiger partial charge in [0.2, 0.25) is 0 Å². The Bertz CT molecular complexity index is 547. The van der Waals surface area contributed by atoms with Gasteiger partial charge in [-0.25, -0.2) is 0 Å². The van der Waals surface area contributed by atoms with Crippen LogP contribution in [-0.2, 0) is 9.53 Å². The number of methoxy groups -OCH3 is 1. The minimum absolute atomic E-state index is 0.0958. The highest BCUT2D eigenvalue weighted by atomic mass is 16.5. The SMILES string of the molecule is COC(=O)C(c1ccc(O)c(N=[N+]=[N-])c1)C1CCCC1. The average Bonchev–Trinajstić information content (AvgIpc) is 2.96. The molecule has 0 spiro atoms. The number of carbonyl (C=O) groups is 1. The summed E-state index contributed by atoms with van der Waals surface area (Å²) >= 11 is 0. The molecule has 1 aromatic carbocycles. The van der Waals surface area contributed by atoms with Gasteiger partial charge in [-0.05, 0) is 42.0 Å². The van der Waals surface area contributed by atoms with Crippen molar-refractivity contribution in [2.24, 2.45) is 11.0 Å². The molecule has 1 fully saturated rings. The molecule has 1 unspecified atom stereocenters. The Balaban J connectivity index is 2.40. The third-order valence-corrected chi connectivity index (χ3v) is 3.84. The molecular formula is C14H17N3O3. The van der Waals surface area contributed by atoms with E-state index in [0.29, 0.717) is 0 Å². The standard InChI is InChI=1S/C14H17N3O3/c1-20-14(19)13(9-4-2-3-5-9)10-6-7-12(18)11(8-10)16-17-15/h6-9,13,18H,2-5H2,1H3. The maximum Gasteiger partial charge on any atom is 0.313 e. The predicted octanol–water partition coefficient (Wildman–Crippen LogP) is 3.78. The summed E-state index contributed by atoms with van der Waals surface area (Å²) < 4.78 is 4.90. The zero-order valence-electron chi connectivity index (χ0n) is 11.3. The topological polar surface area (TPSA) is 95.3 Å². The fourth-order valence-corrected chi connectivity index (χ4v) is 2.88. The monoisotopic (exact) mass is 275 g/mol. The molecule has 106 valence electrons.